The van der Waals surface area contributed by atoms with Crippen LogP contribution < -0.4 is 5.32 Å². The van der Waals surface area contributed by atoms with Crippen LogP contribution in [0.25, 0.3) is 0 Å². The first-order valence-corrected chi connectivity index (χ1v) is 10.6. The average Bonchev–Trinajstić information content (AvgIpc) is 3.11. The highest BCUT2D eigenvalue weighted by Crippen LogP contribution is 2.12. The summed E-state index contributed by atoms with van der Waals surface area (Å²) in [5.41, 5.74) is 0. The molecule has 1 heterocycles. The molecule has 1 N–H and O–H groups in total. The minimum Gasteiger partial charge on any atom is -0.336 e. The van der Waals surface area contributed by atoms with E-state index in [9.17, 15) is 0 Å². The first kappa shape index (κ1) is 21.2. The average molecular weight is 336 g/mol. The number of nitrogens with one attached hydrogen (secondary N) is 1. The van der Waals surface area contributed by atoms with Gasteiger partial charge in [-0.15, -0.1) is 0 Å². The van der Waals surface area contributed by atoms with Crippen molar-refractivity contribution < 1.29 is 0 Å². The summed E-state index contributed by atoms with van der Waals surface area (Å²) in [5.74, 6) is 0. The van der Waals surface area contributed by atoms with Gasteiger partial charge in [-0.05, 0) is 13.0 Å². The molecule has 1 aromatic heterocycles. The van der Waals surface area contributed by atoms with Crippen molar-refractivity contribution >= 4 is 0 Å². The molecule has 3 nitrogen and oxygen atoms in total. The highest BCUT2D eigenvalue weighted by Gasteiger charge is 1.94. The van der Waals surface area contributed by atoms with Crippen molar-refractivity contribution in [3.8, 4) is 0 Å². The second-order valence-corrected chi connectivity index (χ2v) is 7.15. The maximum Gasteiger partial charge on any atom is 0.0946 e. The summed E-state index contributed by atoms with van der Waals surface area (Å²) in [6, 6.07) is 0. The van der Waals surface area contributed by atoms with Crippen LogP contribution in [-0.4, -0.2) is 22.6 Å². The van der Waals surface area contributed by atoms with Crippen molar-refractivity contribution in [1.29, 1.82) is 0 Å². The van der Waals surface area contributed by atoms with E-state index >= 15 is 0 Å². The SMILES string of the molecule is CCCCCCCCCCCCCCCCNCCn1ccnc1. The van der Waals surface area contributed by atoms with Gasteiger partial charge in [-0.25, -0.2) is 4.98 Å². The summed E-state index contributed by atoms with van der Waals surface area (Å²) in [5, 5.41) is 3.52. The van der Waals surface area contributed by atoms with Crippen LogP contribution in [0, 0.1) is 0 Å². The Hall–Kier alpha value is -0.830. The third-order valence-corrected chi connectivity index (χ3v) is 4.81. The predicted octanol–water partition coefficient (Wildman–Crippen LogP) is 5.95. The van der Waals surface area contributed by atoms with Crippen molar-refractivity contribution in [1.82, 2.24) is 14.9 Å². The van der Waals surface area contributed by atoms with Gasteiger partial charge in [0, 0.05) is 25.5 Å². The van der Waals surface area contributed by atoms with Gasteiger partial charge in [0.2, 0.25) is 0 Å². The number of aromatic nitrogens is 2. The smallest absolute Gasteiger partial charge is 0.0946 e. The molecule has 0 bridgehead atoms. The largest absolute Gasteiger partial charge is 0.336 e. The summed E-state index contributed by atoms with van der Waals surface area (Å²) < 4.78 is 2.12. The minimum atomic E-state index is 1.03. The van der Waals surface area contributed by atoms with Gasteiger partial charge in [-0.1, -0.05) is 90.4 Å². The Kier molecular flexibility index (Phi) is 15.0. The molecule has 0 fully saturated rings. The van der Waals surface area contributed by atoms with Gasteiger partial charge in [0.15, 0.2) is 0 Å². The van der Waals surface area contributed by atoms with Crippen LogP contribution in [0.15, 0.2) is 18.7 Å². The summed E-state index contributed by atoms with van der Waals surface area (Å²) >= 11 is 0. The minimum absolute atomic E-state index is 1.03. The Labute approximate surface area is 150 Å². The van der Waals surface area contributed by atoms with Crippen LogP contribution in [0.3, 0.4) is 0 Å². The third-order valence-electron chi connectivity index (χ3n) is 4.81. The molecule has 0 spiro atoms. The fraction of sp³-hybridized carbons (Fsp3) is 0.857. The molecule has 0 aliphatic heterocycles. The van der Waals surface area contributed by atoms with Gasteiger partial charge in [0.05, 0.1) is 6.33 Å². The number of nitrogens with zero attached hydrogens (tertiary/aromatic N) is 2. The van der Waals surface area contributed by atoms with Gasteiger partial charge in [-0.2, -0.15) is 0 Å². The van der Waals surface area contributed by atoms with Crippen molar-refractivity contribution in [3.63, 3.8) is 0 Å². The number of hydrogen-bond donors (Lipinski definition) is 1. The lowest BCUT2D eigenvalue weighted by atomic mass is 10.0. The normalized spacial score (nSPS) is 11.2. The number of rotatable bonds is 18. The second-order valence-electron chi connectivity index (χ2n) is 7.15. The lowest BCUT2D eigenvalue weighted by Gasteiger charge is -2.06. The van der Waals surface area contributed by atoms with Crippen LogP contribution in [0.1, 0.15) is 96.8 Å². The van der Waals surface area contributed by atoms with Crippen LogP contribution in [-0.2, 0) is 6.54 Å². The number of unbranched alkanes of at least 4 members (excludes halogenated alkanes) is 13. The zero-order chi connectivity index (χ0) is 17.1. The maximum absolute atomic E-state index is 4.05. The Morgan fingerprint density at radius 2 is 1.25 bits per heavy atom. The van der Waals surface area contributed by atoms with E-state index in [1.54, 1.807) is 0 Å². The standard InChI is InChI=1S/C21H41N3/c1-2-3-4-5-6-7-8-9-10-11-12-13-14-15-16-22-17-19-24-20-18-23-21-24/h18,20-22H,2-17,19H2,1H3. The topological polar surface area (TPSA) is 29.9 Å². The molecule has 0 aromatic carbocycles. The zero-order valence-electron chi connectivity index (χ0n) is 16.1. The van der Waals surface area contributed by atoms with E-state index in [0.717, 1.165) is 19.6 Å². The van der Waals surface area contributed by atoms with Gasteiger partial charge in [0.25, 0.3) is 0 Å². The monoisotopic (exact) mass is 335 g/mol. The lowest BCUT2D eigenvalue weighted by Crippen LogP contribution is -2.20. The molecule has 1 aromatic rings. The van der Waals surface area contributed by atoms with E-state index in [1.165, 1.54) is 89.9 Å². The van der Waals surface area contributed by atoms with E-state index in [0.29, 0.717) is 0 Å². The van der Waals surface area contributed by atoms with Gasteiger partial charge < -0.3 is 9.88 Å². The van der Waals surface area contributed by atoms with E-state index in [1.807, 2.05) is 18.7 Å². The van der Waals surface area contributed by atoms with Crippen molar-refractivity contribution in [3.05, 3.63) is 18.7 Å². The van der Waals surface area contributed by atoms with Crippen molar-refractivity contribution in [2.45, 2.75) is 103 Å². The quantitative estimate of drug-likeness (QED) is 0.336. The molecular weight excluding hydrogens is 294 g/mol. The van der Waals surface area contributed by atoms with E-state index < -0.39 is 0 Å². The second kappa shape index (κ2) is 17.0. The maximum atomic E-state index is 4.05. The fourth-order valence-electron chi connectivity index (χ4n) is 3.20. The van der Waals surface area contributed by atoms with Crippen LogP contribution >= 0.6 is 0 Å². The molecule has 0 aliphatic rings. The van der Waals surface area contributed by atoms with E-state index in [-0.39, 0.29) is 0 Å². The highest BCUT2D eigenvalue weighted by atomic mass is 15.0. The zero-order valence-corrected chi connectivity index (χ0v) is 16.1. The van der Waals surface area contributed by atoms with Crippen molar-refractivity contribution in [2.75, 3.05) is 13.1 Å². The number of hydrogen-bond acceptors (Lipinski definition) is 2. The molecule has 0 aliphatic carbocycles. The summed E-state index contributed by atoms with van der Waals surface area (Å²) in [6.45, 7) is 5.53. The Balaban J connectivity index is 1.66. The van der Waals surface area contributed by atoms with Crippen LogP contribution in [0.4, 0.5) is 0 Å². The van der Waals surface area contributed by atoms with Gasteiger partial charge >= 0.3 is 0 Å². The number of imidazole rings is 1. The van der Waals surface area contributed by atoms with Crippen molar-refractivity contribution in [2.24, 2.45) is 0 Å². The molecule has 0 saturated carbocycles. The first-order chi connectivity index (χ1) is 11.9. The molecule has 0 radical (unpaired) electrons. The molecule has 140 valence electrons. The molecular formula is C21H41N3. The molecule has 0 amide bonds. The summed E-state index contributed by atoms with van der Waals surface area (Å²) in [7, 11) is 0. The van der Waals surface area contributed by atoms with Crippen LogP contribution in [0.2, 0.25) is 0 Å². The molecule has 0 atom stereocenters. The summed E-state index contributed by atoms with van der Waals surface area (Å²) in [6.07, 6.45) is 25.8. The van der Waals surface area contributed by atoms with E-state index in [4.69, 9.17) is 0 Å². The Morgan fingerprint density at radius 1 is 0.708 bits per heavy atom. The fourth-order valence-corrected chi connectivity index (χ4v) is 3.20. The predicted molar refractivity (Wildman–Crippen MR) is 105 cm³/mol. The first-order valence-electron chi connectivity index (χ1n) is 10.6. The van der Waals surface area contributed by atoms with Gasteiger partial charge in [0.1, 0.15) is 0 Å². The Morgan fingerprint density at radius 3 is 1.75 bits per heavy atom. The van der Waals surface area contributed by atoms with Gasteiger partial charge in [-0.3, -0.25) is 0 Å². The lowest BCUT2D eigenvalue weighted by molar-refractivity contribution is 0.524. The molecule has 0 unspecified atom stereocenters. The molecule has 24 heavy (non-hydrogen) atoms. The molecule has 0 saturated heterocycles. The van der Waals surface area contributed by atoms with E-state index in [2.05, 4.69) is 21.8 Å². The molecule has 3 heteroatoms. The highest BCUT2D eigenvalue weighted by molar-refractivity contribution is 4.74. The Bertz CT molecular complexity index is 335. The molecule has 1 rings (SSSR count). The third kappa shape index (κ3) is 13.6. The van der Waals surface area contributed by atoms with Crippen LogP contribution in [0.5, 0.6) is 0 Å². The summed E-state index contributed by atoms with van der Waals surface area (Å²) in [4.78, 5) is 4.05.